The molecule has 116 valence electrons. The Morgan fingerprint density at radius 2 is 1.70 bits per heavy atom. The maximum absolute atomic E-state index is 5.02. The van der Waals surface area contributed by atoms with Gasteiger partial charge in [0, 0.05) is 22.9 Å². The average molecular weight is 278 g/mol. The molecule has 0 radical (unpaired) electrons. The molecule has 0 aliphatic carbocycles. The molecule has 0 saturated heterocycles. The Bertz CT molecular complexity index is 415. The molecule has 0 saturated carbocycles. The van der Waals surface area contributed by atoms with Crippen molar-refractivity contribution >= 4 is 0 Å². The molecule has 2 atom stereocenters. The van der Waals surface area contributed by atoms with Gasteiger partial charge in [-0.25, -0.2) is 4.98 Å². The highest BCUT2D eigenvalue weighted by atomic mass is 15.0. The second kappa shape index (κ2) is 6.78. The molecule has 0 aliphatic heterocycles. The predicted molar refractivity (Wildman–Crippen MR) is 88.5 cm³/mol. The fraction of sp³-hybridized carbons (Fsp3) is 0.833. The predicted octanol–water partition coefficient (Wildman–Crippen LogP) is 5.76. The molecule has 1 aromatic rings. The van der Waals surface area contributed by atoms with Crippen LogP contribution in [-0.4, -0.2) is 9.97 Å². The van der Waals surface area contributed by atoms with E-state index in [9.17, 15) is 0 Å². The van der Waals surface area contributed by atoms with Crippen LogP contribution >= 0.6 is 0 Å². The summed E-state index contributed by atoms with van der Waals surface area (Å²) in [5.74, 6) is 2.86. The third-order valence-electron chi connectivity index (χ3n) is 4.80. The van der Waals surface area contributed by atoms with E-state index in [0.717, 1.165) is 6.42 Å². The molecule has 2 heteroatoms. The Morgan fingerprint density at radius 1 is 1.10 bits per heavy atom. The van der Waals surface area contributed by atoms with Crippen LogP contribution in [0.3, 0.4) is 0 Å². The zero-order chi connectivity index (χ0) is 15.5. The minimum atomic E-state index is 0.162. The molecular formula is C18H34N2. The van der Waals surface area contributed by atoms with E-state index in [1.54, 1.807) is 0 Å². The summed E-state index contributed by atoms with van der Waals surface area (Å²) in [6.07, 6.45) is 3.53. The van der Waals surface area contributed by atoms with Crippen molar-refractivity contribution in [3.8, 4) is 0 Å². The Kier molecular flexibility index (Phi) is 5.85. The second-order valence-corrected chi connectivity index (χ2v) is 7.36. The molecule has 1 N–H and O–H groups in total. The Hall–Kier alpha value is -0.790. The van der Waals surface area contributed by atoms with Crippen molar-refractivity contribution < 1.29 is 0 Å². The van der Waals surface area contributed by atoms with E-state index < -0.39 is 0 Å². The Morgan fingerprint density at radius 3 is 2.15 bits per heavy atom. The number of nitrogens with zero attached hydrogens (tertiary/aromatic N) is 1. The minimum absolute atomic E-state index is 0.162. The first-order chi connectivity index (χ1) is 9.24. The first kappa shape index (κ1) is 17.3. The van der Waals surface area contributed by atoms with Gasteiger partial charge in [0.15, 0.2) is 0 Å². The highest BCUT2D eigenvalue weighted by Gasteiger charge is 2.30. The molecule has 0 fully saturated rings. The quantitative estimate of drug-likeness (QED) is 0.675. The largest absolute Gasteiger partial charge is 0.345 e. The smallest absolute Gasteiger partial charge is 0.109 e. The second-order valence-electron chi connectivity index (χ2n) is 7.36. The average Bonchev–Trinajstić information content (AvgIpc) is 2.82. The fourth-order valence-electron chi connectivity index (χ4n) is 2.75. The fourth-order valence-corrected chi connectivity index (χ4v) is 2.75. The lowest BCUT2D eigenvalue weighted by molar-refractivity contribution is 0.441. The molecule has 1 heterocycles. The van der Waals surface area contributed by atoms with Crippen LogP contribution in [0.15, 0.2) is 0 Å². The number of imidazole rings is 1. The van der Waals surface area contributed by atoms with Crippen molar-refractivity contribution in [2.75, 3.05) is 0 Å². The molecule has 2 unspecified atom stereocenters. The monoisotopic (exact) mass is 278 g/mol. The summed E-state index contributed by atoms with van der Waals surface area (Å²) in [6, 6.07) is 0. The SMILES string of the molecule is CCCC(C)(C)c1nc(C(C)CC)[nH]c1C(C)C(C)C. The topological polar surface area (TPSA) is 28.7 Å². The molecule has 0 spiro atoms. The molecule has 20 heavy (non-hydrogen) atoms. The van der Waals surface area contributed by atoms with Gasteiger partial charge >= 0.3 is 0 Å². The third kappa shape index (κ3) is 3.65. The lowest BCUT2D eigenvalue weighted by Gasteiger charge is -2.26. The van der Waals surface area contributed by atoms with Crippen LogP contribution in [0.5, 0.6) is 0 Å². The molecule has 1 aromatic heterocycles. The number of H-pyrrole nitrogens is 1. The highest BCUT2D eigenvalue weighted by Crippen LogP contribution is 2.36. The number of aromatic nitrogens is 2. The van der Waals surface area contributed by atoms with Crippen LogP contribution in [0.1, 0.15) is 104 Å². The number of nitrogens with one attached hydrogen (secondary N) is 1. The van der Waals surface area contributed by atoms with Gasteiger partial charge in [0.05, 0.1) is 5.69 Å². The summed E-state index contributed by atoms with van der Waals surface area (Å²) < 4.78 is 0. The van der Waals surface area contributed by atoms with Crippen LogP contribution in [-0.2, 0) is 5.41 Å². The maximum Gasteiger partial charge on any atom is 0.109 e. The standard InChI is InChI=1S/C18H34N2/c1-9-11-18(7,8)16-15(14(6)12(3)4)19-17(20-16)13(5)10-2/h12-14H,9-11H2,1-8H3,(H,19,20). The van der Waals surface area contributed by atoms with Gasteiger partial charge in [-0.05, 0) is 18.8 Å². The molecule has 2 nitrogen and oxygen atoms in total. The van der Waals surface area contributed by atoms with E-state index in [0.29, 0.717) is 17.8 Å². The Labute approximate surface area is 125 Å². The van der Waals surface area contributed by atoms with Crippen LogP contribution in [0.4, 0.5) is 0 Å². The van der Waals surface area contributed by atoms with E-state index in [4.69, 9.17) is 4.98 Å². The zero-order valence-corrected chi connectivity index (χ0v) is 14.8. The normalized spacial score (nSPS) is 15.7. The summed E-state index contributed by atoms with van der Waals surface area (Å²) >= 11 is 0. The summed E-state index contributed by atoms with van der Waals surface area (Å²) in [7, 11) is 0. The van der Waals surface area contributed by atoms with Crippen molar-refractivity contribution in [1.82, 2.24) is 9.97 Å². The van der Waals surface area contributed by atoms with E-state index in [2.05, 4.69) is 60.4 Å². The van der Waals surface area contributed by atoms with Gasteiger partial charge in [-0.1, -0.05) is 61.8 Å². The third-order valence-corrected chi connectivity index (χ3v) is 4.80. The van der Waals surface area contributed by atoms with Crippen LogP contribution in [0, 0.1) is 5.92 Å². The van der Waals surface area contributed by atoms with Gasteiger partial charge in [-0.15, -0.1) is 0 Å². The first-order valence-corrected chi connectivity index (χ1v) is 8.34. The van der Waals surface area contributed by atoms with Gasteiger partial charge in [-0.2, -0.15) is 0 Å². The Balaban J connectivity index is 3.28. The van der Waals surface area contributed by atoms with E-state index in [1.165, 1.54) is 30.1 Å². The molecular weight excluding hydrogens is 244 g/mol. The van der Waals surface area contributed by atoms with Crippen LogP contribution < -0.4 is 0 Å². The summed E-state index contributed by atoms with van der Waals surface area (Å²) in [5, 5.41) is 0. The lowest BCUT2D eigenvalue weighted by Crippen LogP contribution is -2.21. The molecule has 0 aromatic carbocycles. The highest BCUT2D eigenvalue weighted by molar-refractivity contribution is 5.27. The number of hydrogen-bond acceptors (Lipinski definition) is 1. The van der Waals surface area contributed by atoms with Crippen molar-refractivity contribution in [1.29, 1.82) is 0 Å². The van der Waals surface area contributed by atoms with Crippen LogP contribution in [0.2, 0.25) is 0 Å². The summed E-state index contributed by atoms with van der Waals surface area (Å²) in [6.45, 7) is 18.3. The minimum Gasteiger partial charge on any atom is -0.345 e. The molecule has 0 amide bonds. The van der Waals surface area contributed by atoms with Crippen molar-refractivity contribution in [3.63, 3.8) is 0 Å². The van der Waals surface area contributed by atoms with Gasteiger partial charge < -0.3 is 4.98 Å². The zero-order valence-electron chi connectivity index (χ0n) is 14.8. The number of rotatable bonds is 7. The van der Waals surface area contributed by atoms with Gasteiger partial charge in [0.2, 0.25) is 0 Å². The van der Waals surface area contributed by atoms with E-state index in [-0.39, 0.29) is 5.41 Å². The summed E-state index contributed by atoms with van der Waals surface area (Å²) in [4.78, 5) is 8.69. The van der Waals surface area contributed by atoms with Crippen molar-refractivity contribution in [3.05, 3.63) is 17.2 Å². The first-order valence-electron chi connectivity index (χ1n) is 8.34. The molecule has 1 rings (SSSR count). The van der Waals surface area contributed by atoms with Gasteiger partial charge in [0.25, 0.3) is 0 Å². The van der Waals surface area contributed by atoms with E-state index in [1.807, 2.05) is 0 Å². The molecule has 0 bridgehead atoms. The van der Waals surface area contributed by atoms with Crippen LogP contribution in [0.25, 0.3) is 0 Å². The van der Waals surface area contributed by atoms with Gasteiger partial charge in [0.1, 0.15) is 5.82 Å². The van der Waals surface area contributed by atoms with Gasteiger partial charge in [-0.3, -0.25) is 0 Å². The summed E-state index contributed by atoms with van der Waals surface area (Å²) in [5.41, 5.74) is 2.83. The van der Waals surface area contributed by atoms with Crippen molar-refractivity contribution in [2.24, 2.45) is 5.92 Å². The lowest BCUT2D eigenvalue weighted by atomic mass is 9.80. The van der Waals surface area contributed by atoms with E-state index >= 15 is 0 Å². The maximum atomic E-state index is 5.02. The van der Waals surface area contributed by atoms with Crippen molar-refractivity contribution in [2.45, 2.75) is 91.9 Å². The number of aromatic amines is 1. The molecule has 0 aliphatic rings. The number of hydrogen-bond donors (Lipinski definition) is 1.